The molecular formula is C15H19N3O2. The van der Waals surface area contributed by atoms with Crippen LogP contribution in [-0.4, -0.2) is 37.9 Å². The lowest BCUT2D eigenvalue weighted by atomic mass is 10.1. The van der Waals surface area contributed by atoms with Crippen LogP contribution in [0.25, 0.3) is 10.9 Å². The van der Waals surface area contributed by atoms with Crippen molar-refractivity contribution in [1.82, 2.24) is 9.88 Å². The van der Waals surface area contributed by atoms with Gasteiger partial charge < -0.3 is 15.0 Å². The third kappa shape index (κ3) is 2.42. The van der Waals surface area contributed by atoms with Crippen LogP contribution < -0.4 is 15.8 Å². The van der Waals surface area contributed by atoms with Crippen molar-refractivity contribution in [2.75, 3.05) is 38.2 Å². The predicted molar refractivity (Wildman–Crippen MR) is 80.3 cm³/mol. The molecule has 0 unspecified atom stereocenters. The number of nitrogens with zero attached hydrogens (tertiary/aromatic N) is 2. The Morgan fingerprint density at radius 2 is 2.00 bits per heavy atom. The molecule has 1 saturated heterocycles. The molecule has 0 aliphatic carbocycles. The fraction of sp³-hybridized carbons (Fsp3) is 0.400. The highest BCUT2D eigenvalue weighted by Crippen LogP contribution is 2.21. The first-order valence-corrected chi connectivity index (χ1v) is 6.88. The van der Waals surface area contributed by atoms with Crippen LogP contribution in [0, 0.1) is 0 Å². The number of piperazine rings is 1. The third-order valence-electron chi connectivity index (χ3n) is 3.71. The average Bonchev–Trinajstić information content (AvgIpc) is 2.51. The lowest BCUT2D eigenvalue weighted by Gasteiger charge is -2.29. The quantitative estimate of drug-likeness (QED) is 0.907. The zero-order chi connectivity index (χ0) is 13.9. The van der Waals surface area contributed by atoms with E-state index >= 15 is 0 Å². The number of aromatic nitrogens is 1. The van der Waals surface area contributed by atoms with Crippen molar-refractivity contribution in [3.05, 3.63) is 40.7 Å². The highest BCUT2D eigenvalue weighted by molar-refractivity contribution is 5.83. The minimum atomic E-state index is -0.0331. The SMILES string of the molecule is COCn1c(=O)ccc2cc(N3CCNCC3)ccc21. The van der Waals surface area contributed by atoms with Crippen molar-refractivity contribution in [2.45, 2.75) is 6.73 Å². The van der Waals surface area contributed by atoms with E-state index in [9.17, 15) is 4.79 Å². The van der Waals surface area contributed by atoms with E-state index in [2.05, 4.69) is 22.3 Å². The van der Waals surface area contributed by atoms with E-state index in [1.54, 1.807) is 17.7 Å². The van der Waals surface area contributed by atoms with Gasteiger partial charge in [0.1, 0.15) is 6.73 Å². The molecule has 1 fully saturated rings. The van der Waals surface area contributed by atoms with Crippen molar-refractivity contribution in [1.29, 1.82) is 0 Å². The van der Waals surface area contributed by atoms with Crippen molar-refractivity contribution < 1.29 is 4.74 Å². The fourth-order valence-electron chi connectivity index (χ4n) is 2.67. The predicted octanol–water partition coefficient (Wildman–Crippen LogP) is 1.01. The minimum Gasteiger partial charge on any atom is -0.369 e. The molecule has 1 aromatic heterocycles. The van der Waals surface area contributed by atoms with Gasteiger partial charge >= 0.3 is 0 Å². The van der Waals surface area contributed by atoms with Crippen LogP contribution in [0.1, 0.15) is 0 Å². The Labute approximate surface area is 117 Å². The molecule has 2 aromatic rings. The molecule has 0 saturated carbocycles. The monoisotopic (exact) mass is 273 g/mol. The number of anilines is 1. The summed E-state index contributed by atoms with van der Waals surface area (Å²) in [6, 6.07) is 9.72. The van der Waals surface area contributed by atoms with E-state index in [4.69, 9.17) is 4.74 Å². The van der Waals surface area contributed by atoms with Gasteiger partial charge in [0.2, 0.25) is 0 Å². The van der Waals surface area contributed by atoms with E-state index in [0.717, 1.165) is 37.1 Å². The summed E-state index contributed by atoms with van der Waals surface area (Å²) in [5, 5.41) is 4.42. The molecule has 5 nitrogen and oxygen atoms in total. The number of nitrogens with one attached hydrogen (secondary N) is 1. The number of pyridine rings is 1. The van der Waals surface area contributed by atoms with E-state index in [0.29, 0.717) is 0 Å². The van der Waals surface area contributed by atoms with Crippen molar-refractivity contribution in [2.24, 2.45) is 0 Å². The first-order chi connectivity index (χ1) is 9.79. The molecule has 3 rings (SSSR count). The van der Waals surface area contributed by atoms with Crippen molar-refractivity contribution in [3.8, 4) is 0 Å². The highest BCUT2D eigenvalue weighted by atomic mass is 16.5. The molecule has 0 atom stereocenters. The second kappa shape index (κ2) is 5.64. The Kier molecular flexibility index (Phi) is 3.71. The van der Waals surface area contributed by atoms with E-state index in [1.165, 1.54) is 5.69 Å². The van der Waals surface area contributed by atoms with Crippen LogP contribution in [0.4, 0.5) is 5.69 Å². The van der Waals surface area contributed by atoms with Gasteiger partial charge in [0.25, 0.3) is 5.56 Å². The maximum Gasteiger partial charge on any atom is 0.252 e. The van der Waals surface area contributed by atoms with Gasteiger partial charge in [-0.2, -0.15) is 0 Å². The van der Waals surface area contributed by atoms with Gasteiger partial charge in [-0.05, 0) is 24.3 Å². The average molecular weight is 273 g/mol. The zero-order valence-electron chi connectivity index (χ0n) is 11.6. The molecule has 0 amide bonds. The molecule has 1 aliphatic heterocycles. The van der Waals surface area contributed by atoms with Crippen molar-refractivity contribution in [3.63, 3.8) is 0 Å². The van der Waals surface area contributed by atoms with Gasteiger partial charge in [0.15, 0.2) is 0 Å². The Bertz CT molecular complexity index is 660. The van der Waals surface area contributed by atoms with E-state index in [-0.39, 0.29) is 12.3 Å². The molecule has 106 valence electrons. The second-order valence-corrected chi connectivity index (χ2v) is 5.00. The van der Waals surface area contributed by atoms with Crippen molar-refractivity contribution >= 4 is 16.6 Å². The normalized spacial score (nSPS) is 15.8. The summed E-state index contributed by atoms with van der Waals surface area (Å²) in [4.78, 5) is 14.2. The summed E-state index contributed by atoms with van der Waals surface area (Å²) in [5.74, 6) is 0. The lowest BCUT2D eigenvalue weighted by molar-refractivity contribution is 0.132. The molecule has 1 aromatic carbocycles. The Hall–Kier alpha value is -1.85. The summed E-state index contributed by atoms with van der Waals surface area (Å²) in [5.41, 5.74) is 2.09. The number of hydrogen-bond donors (Lipinski definition) is 1. The summed E-state index contributed by atoms with van der Waals surface area (Å²) in [6.07, 6.45) is 0. The maximum atomic E-state index is 11.9. The third-order valence-corrected chi connectivity index (χ3v) is 3.71. The van der Waals surface area contributed by atoms with Gasteiger partial charge in [0.05, 0.1) is 5.52 Å². The van der Waals surface area contributed by atoms with Crippen LogP contribution >= 0.6 is 0 Å². The van der Waals surface area contributed by atoms with Crippen LogP contribution in [0.5, 0.6) is 0 Å². The van der Waals surface area contributed by atoms with Crippen LogP contribution in [0.3, 0.4) is 0 Å². The molecule has 0 spiro atoms. The molecular weight excluding hydrogens is 254 g/mol. The zero-order valence-corrected chi connectivity index (χ0v) is 11.6. The molecule has 1 aliphatic rings. The maximum absolute atomic E-state index is 11.9. The number of hydrogen-bond acceptors (Lipinski definition) is 4. The van der Waals surface area contributed by atoms with Crippen LogP contribution in [0.2, 0.25) is 0 Å². The summed E-state index contributed by atoms with van der Waals surface area (Å²) in [7, 11) is 1.60. The fourth-order valence-corrected chi connectivity index (χ4v) is 2.67. The summed E-state index contributed by atoms with van der Waals surface area (Å²) >= 11 is 0. The highest BCUT2D eigenvalue weighted by Gasteiger charge is 2.11. The molecule has 0 bridgehead atoms. The second-order valence-electron chi connectivity index (χ2n) is 5.00. The minimum absolute atomic E-state index is 0.0331. The standard InChI is InChI=1S/C15H19N3O2/c1-20-11-18-14-4-3-13(17-8-6-16-7-9-17)10-12(14)2-5-15(18)19/h2-5,10,16H,6-9,11H2,1H3. The molecule has 0 radical (unpaired) electrons. The Morgan fingerprint density at radius 1 is 1.20 bits per heavy atom. The Morgan fingerprint density at radius 3 is 2.75 bits per heavy atom. The van der Waals surface area contributed by atoms with Gasteiger partial charge in [-0.3, -0.25) is 9.36 Å². The largest absolute Gasteiger partial charge is 0.369 e. The van der Waals surface area contributed by atoms with E-state index in [1.807, 2.05) is 12.1 Å². The molecule has 1 N–H and O–H groups in total. The van der Waals surface area contributed by atoms with Crippen LogP contribution in [-0.2, 0) is 11.5 Å². The lowest BCUT2D eigenvalue weighted by Crippen LogP contribution is -2.43. The number of fused-ring (bicyclic) bond motifs is 1. The topological polar surface area (TPSA) is 46.5 Å². The first kappa shape index (κ1) is 13.1. The van der Waals surface area contributed by atoms with Gasteiger partial charge in [-0.15, -0.1) is 0 Å². The Balaban J connectivity index is 2.03. The molecule has 20 heavy (non-hydrogen) atoms. The van der Waals surface area contributed by atoms with Gasteiger partial charge in [-0.1, -0.05) is 0 Å². The first-order valence-electron chi connectivity index (χ1n) is 6.88. The number of benzene rings is 1. The summed E-state index contributed by atoms with van der Waals surface area (Å²) in [6.45, 7) is 4.35. The van der Waals surface area contributed by atoms with E-state index < -0.39 is 0 Å². The van der Waals surface area contributed by atoms with Gasteiger partial charge in [-0.25, -0.2) is 0 Å². The van der Waals surface area contributed by atoms with Crippen LogP contribution in [0.15, 0.2) is 35.1 Å². The number of rotatable bonds is 3. The van der Waals surface area contributed by atoms with Gasteiger partial charge in [0, 0.05) is 50.4 Å². The number of ether oxygens (including phenoxy) is 1. The number of methoxy groups -OCH3 is 1. The summed E-state index contributed by atoms with van der Waals surface area (Å²) < 4.78 is 6.76. The smallest absolute Gasteiger partial charge is 0.252 e. The molecule has 5 heteroatoms. The molecule has 2 heterocycles.